The number of carbonyl (C=O) groups excluding carboxylic acids is 3. The summed E-state index contributed by atoms with van der Waals surface area (Å²) in [5.41, 5.74) is 2.01. The van der Waals surface area contributed by atoms with Crippen LogP contribution >= 0.6 is 11.6 Å². The molecule has 28 heavy (non-hydrogen) atoms. The number of likely N-dealkylation sites (tertiary alicyclic amines) is 1. The van der Waals surface area contributed by atoms with E-state index in [2.05, 4.69) is 5.32 Å². The Labute approximate surface area is 169 Å². The van der Waals surface area contributed by atoms with Crippen molar-refractivity contribution in [2.75, 3.05) is 25.5 Å². The summed E-state index contributed by atoms with van der Waals surface area (Å²) in [4.78, 5) is 39.8. The molecule has 0 saturated carbocycles. The third-order valence-electron chi connectivity index (χ3n) is 4.57. The monoisotopic (exact) mass is 399 g/mol. The molecule has 2 aromatic carbocycles. The van der Waals surface area contributed by atoms with Crippen LogP contribution in [-0.2, 0) is 16.1 Å². The Hall–Kier alpha value is -2.86. The standard InChI is InChI=1S/C21H22ClN3O3/c1-24(14-19(26)23-18-9-7-17(22)8-10-18)21(28)16-5-2-4-15(12-16)13-25-11-3-6-20(25)27/h2,4-5,7-10,12H,3,6,11,13-14H2,1H3,(H,23,26). The summed E-state index contributed by atoms with van der Waals surface area (Å²) in [6.45, 7) is 1.18. The smallest absolute Gasteiger partial charge is 0.254 e. The van der Waals surface area contributed by atoms with Gasteiger partial charge in [-0.2, -0.15) is 0 Å². The molecule has 1 N–H and O–H groups in total. The zero-order valence-electron chi connectivity index (χ0n) is 15.7. The van der Waals surface area contributed by atoms with Crippen LogP contribution in [0, 0.1) is 0 Å². The Morgan fingerprint density at radius 1 is 1.18 bits per heavy atom. The molecule has 3 rings (SSSR count). The van der Waals surface area contributed by atoms with E-state index in [9.17, 15) is 14.4 Å². The van der Waals surface area contributed by atoms with Crippen LogP contribution in [0.4, 0.5) is 5.69 Å². The molecule has 1 fully saturated rings. The van der Waals surface area contributed by atoms with Crippen molar-refractivity contribution in [3.05, 3.63) is 64.7 Å². The van der Waals surface area contributed by atoms with E-state index in [4.69, 9.17) is 11.6 Å². The van der Waals surface area contributed by atoms with Gasteiger partial charge in [0.25, 0.3) is 5.91 Å². The maximum absolute atomic E-state index is 12.7. The molecule has 0 spiro atoms. The maximum Gasteiger partial charge on any atom is 0.254 e. The highest BCUT2D eigenvalue weighted by atomic mass is 35.5. The topological polar surface area (TPSA) is 69.7 Å². The number of hydrogen-bond acceptors (Lipinski definition) is 3. The Bertz CT molecular complexity index is 883. The number of hydrogen-bond donors (Lipinski definition) is 1. The molecular formula is C21H22ClN3O3. The minimum Gasteiger partial charge on any atom is -0.338 e. The van der Waals surface area contributed by atoms with Crippen molar-refractivity contribution in [1.82, 2.24) is 9.80 Å². The van der Waals surface area contributed by atoms with Gasteiger partial charge in [-0.25, -0.2) is 0 Å². The van der Waals surface area contributed by atoms with Gasteiger partial charge in [0.05, 0.1) is 6.54 Å². The van der Waals surface area contributed by atoms with E-state index in [0.717, 1.165) is 18.5 Å². The van der Waals surface area contributed by atoms with Gasteiger partial charge in [0.15, 0.2) is 0 Å². The second-order valence-electron chi connectivity index (χ2n) is 6.84. The van der Waals surface area contributed by atoms with Gasteiger partial charge < -0.3 is 15.1 Å². The Kier molecular flexibility index (Phi) is 6.31. The van der Waals surface area contributed by atoms with Gasteiger partial charge in [-0.1, -0.05) is 23.7 Å². The molecule has 1 aliphatic rings. The van der Waals surface area contributed by atoms with E-state index in [0.29, 0.717) is 29.2 Å². The number of halogens is 1. The number of rotatable bonds is 6. The summed E-state index contributed by atoms with van der Waals surface area (Å²) in [5.74, 6) is -0.398. The fraction of sp³-hybridized carbons (Fsp3) is 0.286. The first-order valence-corrected chi connectivity index (χ1v) is 9.48. The molecule has 7 heteroatoms. The van der Waals surface area contributed by atoms with Crippen LogP contribution in [0.15, 0.2) is 48.5 Å². The summed E-state index contributed by atoms with van der Waals surface area (Å²) >= 11 is 5.83. The molecular weight excluding hydrogens is 378 g/mol. The van der Waals surface area contributed by atoms with Crippen molar-refractivity contribution < 1.29 is 14.4 Å². The SMILES string of the molecule is CN(CC(=O)Nc1ccc(Cl)cc1)C(=O)c1cccc(CN2CCCC2=O)c1. The minimum absolute atomic E-state index is 0.0731. The summed E-state index contributed by atoms with van der Waals surface area (Å²) in [5, 5.41) is 3.32. The molecule has 2 aromatic rings. The molecule has 0 unspecified atom stereocenters. The lowest BCUT2D eigenvalue weighted by atomic mass is 10.1. The van der Waals surface area contributed by atoms with Crippen molar-refractivity contribution in [3.8, 4) is 0 Å². The maximum atomic E-state index is 12.7. The van der Waals surface area contributed by atoms with Crippen LogP contribution in [-0.4, -0.2) is 47.7 Å². The molecule has 0 bridgehead atoms. The van der Waals surface area contributed by atoms with Crippen molar-refractivity contribution >= 4 is 35.0 Å². The lowest BCUT2D eigenvalue weighted by Crippen LogP contribution is -2.35. The van der Waals surface area contributed by atoms with Gasteiger partial charge in [0.1, 0.15) is 0 Å². The van der Waals surface area contributed by atoms with Crippen LogP contribution in [0.1, 0.15) is 28.8 Å². The first-order chi connectivity index (χ1) is 13.4. The largest absolute Gasteiger partial charge is 0.338 e. The third-order valence-corrected chi connectivity index (χ3v) is 4.83. The van der Waals surface area contributed by atoms with Gasteiger partial charge in [-0.15, -0.1) is 0 Å². The molecule has 1 heterocycles. The molecule has 0 aromatic heterocycles. The molecule has 1 aliphatic heterocycles. The molecule has 1 saturated heterocycles. The molecule has 0 aliphatic carbocycles. The lowest BCUT2D eigenvalue weighted by molar-refractivity contribution is -0.128. The van der Waals surface area contributed by atoms with E-state index in [1.165, 1.54) is 4.90 Å². The number of nitrogens with one attached hydrogen (secondary N) is 1. The van der Waals surface area contributed by atoms with Gasteiger partial charge >= 0.3 is 0 Å². The fourth-order valence-electron chi connectivity index (χ4n) is 3.14. The highest BCUT2D eigenvalue weighted by molar-refractivity contribution is 6.30. The van der Waals surface area contributed by atoms with Crippen molar-refractivity contribution in [2.45, 2.75) is 19.4 Å². The summed E-state index contributed by atoms with van der Waals surface area (Å²) in [7, 11) is 1.58. The average molecular weight is 400 g/mol. The van der Waals surface area contributed by atoms with E-state index in [1.807, 2.05) is 6.07 Å². The predicted octanol–water partition coefficient (Wildman–Crippen LogP) is 3.17. The zero-order valence-corrected chi connectivity index (χ0v) is 16.4. The zero-order chi connectivity index (χ0) is 20.1. The van der Waals surface area contributed by atoms with E-state index in [1.54, 1.807) is 54.4 Å². The number of amides is 3. The van der Waals surface area contributed by atoms with E-state index >= 15 is 0 Å². The molecule has 3 amide bonds. The van der Waals surface area contributed by atoms with Gasteiger partial charge in [0, 0.05) is 42.8 Å². The van der Waals surface area contributed by atoms with Gasteiger partial charge in [-0.3, -0.25) is 14.4 Å². The number of nitrogens with zero attached hydrogens (tertiary/aromatic N) is 2. The fourth-order valence-corrected chi connectivity index (χ4v) is 3.26. The predicted molar refractivity (Wildman–Crippen MR) is 108 cm³/mol. The molecule has 0 radical (unpaired) electrons. The highest BCUT2D eigenvalue weighted by Gasteiger charge is 2.21. The average Bonchev–Trinajstić information content (AvgIpc) is 3.07. The second kappa shape index (κ2) is 8.89. The third kappa shape index (κ3) is 5.10. The van der Waals surface area contributed by atoms with E-state index in [-0.39, 0.29) is 24.3 Å². The summed E-state index contributed by atoms with van der Waals surface area (Å²) < 4.78 is 0. The van der Waals surface area contributed by atoms with Crippen molar-refractivity contribution in [2.24, 2.45) is 0 Å². The first kappa shape index (κ1) is 19.9. The van der Waals surface area contributed by atoms with Crippen LogP contribution in [0.5, 0.6) is 0 Å². The lowest BCUT2D eigenvalue weighted by Gasteiger charge is -2.19. The Morgan fingerprint density at radius 2 is 1.93 bits per heavy atom. The minimum atomic E-state index is -0.294. The van der Waals surface area contributed by atoms with Crippen LogP contribution in [0.2, 0.25) is 5.02 Å². The van der Waals surface area contributed by atoms with Crippen LogP contribution in [0.3, 0.4) is 0 Å². The molecule has 6 nitrogen and oxygen atoms in total. The van der Waals surface area contributed by atoms with Crippen LogP contribution < -0.4 is 5.32 Å². The molecule has 0 atom stereocenters. The van der Waals surface area contributed by atoms with Crippen molar-refractivity contribution in [3.63, 3.8) is 0 Å². The molecule has 146 valence electrons. The number of carbonyl (C=O) groups is 3. The first-order valence-electron chi connectivity index (χ1n) is 9.10. The van der Waals surface area contributed by atoms with Gasteiger partial charge in [0.2, 0.25) is 11.8 Å². The Morgan fingerprint density at radius 3 is 2.61 bits per heavy atom. The van der Waals surface area contributed by atoms with E-state index < -0.39 is 0 Å². The van der Waals surface area contributed by atoms with Crippen LogP contribution in [0.25, 0.3) is 0 Å². The number of likely N-dealkylation sites (N-methyl/N-ethyl adjacent to an activating group) is 1. The van der Waals surface area contributed by atoms with Gasteiger partial charge in [-0.05, 0) is 48.4 Å². The van der Waals surface area contributed by atoms with Crippen molar-refractivity contribution in [1.29, 1.82) is 0 Å². The summed E-state index contributed by atoms with van der Waals surface area (Å²) in [6, 6.07) is 14.0. The normalized spacial score (nSPS) is 13.5. The quantitative estimate of drug-likeness (QED) is 0.811. The second-order valence-corrected chi connectivity index (χ2v) is 7.27. The Balaban J connectivity index is 1.59. The summed E-state index contributed by atoms with van der Waals surface area (Å²) in [6.07, 6.45) is 1.47. The highest BCUT2D eigenvalue weighted by Crippen LogP contribution is 2.16. The number of anilines is 1. The number of benzene rings is 2.